The van der Waals surface area contributed by atoms with E-state index in [0.717, 1.165) is 24.9 Å². The van der Waals surface area contributed by atoms with Gasteiger partial charge in [-0.3, -0.25) is 4.79 Å². The normalized spacial score (nSPS) is 30.2. The fourth-order valence-corrected chi connectivity index (χ4v) is 3.36. The number of hydrogen-bond acceptors (Lipinski definition) is 2. The summed E-state index contributed by atoms with van der Waals surface area (Å²) in [4.78, 5) is 13.7. The van der Waals surface area contributed by atoms with E-state index in [4.69, 9.17) is 5.11 Å². The fraction of sp³-hybridized carbons (Fsp3) is 0.929. The third-order valence-corrected chi connectivity index (χ3v) is 4.71. The molecule has 1 N–H and O–H groups in total. The van der Waals surface area contributed by atoms with Crippen molar-refractivity contribution in [3.63, 3.8) is 0 Å². The maximum absolute atomic E-state index is 11.1. The number of nitrogens with zero attached hydrogens (tertiary/aromatic N) is 1. The van der Waals surface area contributed by atoms with Gasteiger partial charge in [-0.15, -0.1) is 0 Å². The second-order valence-electron chi connectivity index (χ2n) is 6.38. The van der Waals surface area contributed by atoms with E-state index >= 15 is 0 Å². The number of piperidine rings is 1. The first-order chi connectivity index (χ1) is 8.00. The van der Waals surface area contributed by atoms with Crippen LogP contribution in [-0.2, 0) is 4.79 Å². The summed E-state index contributed by atoms with van der Waals surface area (Å²) >= 11 is 0. The summed E-state index contributed by atoms with van der Waals surface area (Å²) in [6, 6.07) is 0.758. The van der Waals surface area contributed by atoms with Crippen LogP contribution >= 0.6 is 0 Å². The molecular formula is C14H25NO2. The average molecular weight is 239 g/mol. The van der Waals surface area contributed by atoms with Gasteiger partial charge in [-0.1, -0.05) is 6.42 Å². The molecule has 2 aliphatic rings. The second-order valence-corrected chi connectivity index (χ2v) is 6.38. The number of rotatable bonds is 4. The van der Waals surface area contributed by atoms with Crippen LogP contribution in [0.2, 0.25) is 0 Å². The van der Waals surface area contributed by atoms with E-state index < -0.39 is 11.4 Å². The summed E-state index contributed by atoms with van der Waals surface area (Å²) in [6.07, 6.45) is 7.56. The monoisotopic (exact) mass is 239 g/mol. The standard InChI is InChI=1S/C14H25NO2/c1-14(2,13(16)17)8-10-15-9-4-6-11-5-3-7-12(11)15/h11-12H,3-10H2,1-2H3,(H,16,17). The van der Waals surface area contributed by atoms with E-state index in [9.17, 15) is 4.79 Å². The Labute approximate surface area is 104 Å². The van der Waals surface area contributed by atoms with Gasteiger partial charge in [0.1, 0.15) is 0 Å². The highest BCUT2D eigenvalue weighted by molar-refractivity contribution is 5.73. The van der Waals surface area contributed by atoms with Crippen LogP contribution in [0.5, 0.6) is 0 Å². The lowest BCUT2D eigenvalue weighted by Crippen LogP contribution is -2.44. The van der Waals surface area contributed by atoms with Crippen LogP contribution < -0.4 is 0 Å². The predicted molar refractivity (Wildman–Crippen MR) is 68.0 cm³/mol. The van der Waals surface area contributed by atoms with Crippen LogP contribution in [0.4, 0.5) is 0 Å². The number of fused-ring (bicyclic) bond motifs is 1. The van der Waals surface area contributed by atoms with Crippen molar-refractivity contribution in [1.29, 1.82) is 0 Å². The molecule has 0 aromatic heterocycles. The molecule has 1 saturated carbocycles. The molecule has 1 aliphatic carbocycles. The van der Waals surface area contributed by atoms with Crippen LogP contribution in [-0.4, -0.2) is 35.1 Å². The Morgan fingerprint density at radius 1 is 1.29 bits per heavy atom. The van der Waals surface area contributed by atoms with E-state index in [0.29, 0.717) is 0 Å². The zero-order valence-electron chi connectivity index (χ0n) is 11.1. The van der Waals surface area contributed by atoms with Crippen molar-refractivity contribution in [2.24, 2.45) is 11.3 Å². The molecule has 1 saturated heterocycles. The van der Waals surface area contributed by atoms with Crippen LogP contribution in [0, 0.1) is 11.3 Å². The molecule has 2 rings (SSSR count). The summed E-state index contributed by atoms with van der Waals surface area (Å²) in [5, 5.41) is 9.14. The van der Waals surface area contributed by atoms with E-state index in [1.165, 1.54) is 38.6 Å². The molecule has 2 unspecified atom stereocenters. The minimum absolute atomic E-state index is 0.578. The fourth-order valence-electron chi connectivity index (χ4n) is 3.36. The van der Waals surface area contributed by atoms with Gasteiger partial charge in [-0.25, -0.2) is 0 Å². The molecule has 0 aromatic rings. The van der Waals surface area contributed by atoms with Gasteiger partial charge in [0, 0.05) is 6.04 Å². The van der Waals surface area contributed by atoms with E-state index in [2.05, 4.69) is 4.90 Å². The molecule has 0 aromatic carbocycles. The SMILES string of the molecule is CC(C)(CCN1CCCC2CCCC21)C(=O)O. The molecular weight excluding hydrogens is 214 g/mol. The molecule has 3 nitrogen and oxygen atoms in total. The van der Waals surface area contributed by atoms with Gasteiger partial charge in [0.15, 0.2) is 0 Å². The Hall–Kier alpha value is -0.570. The first kappa shape index (κ1) is 12.9. The van der Waals surface area contributed by atoms with E-state index in [1.807, 2.05) is 13.8 Å². The first-order valence-corrected chi connectivity index (χ1v) is 6.98. The van der Waals surface area contributed by atoms with Gasteiger partial charge < -0.3 is 10.0 Å². The zero-order chi connectivity index (χ0) is 12.5. The lowest BCUT2D eigenvalue weighted by atomic mass is 9.87. The van der Waals surface area contributed by atoms with Crippen molar-refractivity contribution in [2.75, 3.05) is 13.1 Å². The summed E-state index contributed by atoms with van der Waals surface area (Å²) in [5.74, 6) is 0.231. The summed E-state index contributed by atoms with van der Waals surface area (Å²) in [6.45, 7) is 5.81. The van der Waals surface area contributed by atoms with Crippen LogP contribution in [0.25, 0.3) is 0 Å². The maximum atomic E-state index is 11.1. The molecule has 3 heteroatoms. The minimum atomic E-state index is -0.669. The molecule has 0 bridgehead atoms. The topological polar surface area (TPSA) is 40.5 Å². The third kappa shape index (κ3) is 2.82. The first-order valence-electron chi connectivity index (χ1n) is 6.98. The van der Waals surface area contributed by atoms with Gasteiger partial charge in [-0.2, -0.15) is 0 Å². The van der Waals surface area contributed by atoms with Crippen molar-refractivity contribution in [2.45, 2.75) is 58.4 Å². The molecule has 1 heterocycles. The molecule has 0 amide bonds. The Morgan fingerprint density at radius 2 is 2.00 bits per heavy atom. The highest BCUT2D eigenvalue weighted by Gasteiger charge is 2.36. The van der Waals surface area contributed by atoms with Gasteiger partial charge >= 0.3 is 5.97 Å². The number of likely N-dealkylation sites (tertiary alicyclic amines) is 1. The number of hydrogen-bond donors (Lipinski definition) is 1. The Morgan fingerprint density at radius 3 is 2.71 bits per heavy atom. The second kappa shape index (κ2) is 4.97. The highest BCUT2D eigenvalue weighted by atomic mass is 16.4. The van der Waals surface area contributed by atoms with E-state index in [-0.39, 0.29) is 0 Å². The van der Waals surface area contributed by atoms with E-state index in [1.54, 1.807) is 0 Å². The molecule has 98 valence electrons. The maximum Gasteiger partial charge on any atom is 0.309 e. The van der Waals surface area contributed by atoms with Crippen LogP contribution in [0.1, 0.15) is 52.4 Å². The number of carboxylic acid groups (broad SMARTS) is 1. The lowest BCUT2D eigenvalue weighted by Gasteiger charge is -2.39. The number of carboxylic acids is 1. The van der Waals surface area contributed by atoms with Crippen molar-refractivity contribution in [1.82, 2.24) is 4.90 Å². The summed E-state index contributed by atoms with van der Waals surface area (Å²) in [5.41, 5.74) is -0.578. The summed E-state index contributed by atoms with van der Waals surface area (Å²) in [7, 11) is 0. The predicted octanol–water partition coefficient (Wildman–Crippen LogP) is 2.75. The molecule has 0 radical (unpaired) electrons. The Balaban J connectivity index is 1.88. The smallest absolute Gasteiger partial charge is 0.309 e. The largest absolute Gasteiger partial charge is 0.481 e. The van der Waals surface area contributed by atoms with Crippen LogP contribution in [0.15, 0.2) is 0 Å². The molecule has 0 spiro atoms. The Kier molecular flexibility index (Phi) is 3.76. The molecule has 2 fully saturated rings. The van der Waals surface area contributed by atoms with Crippen molar-refractivity contribution < 1.29 is 9.90 Å². The minimum Gasteiger partial charge on any atom is -0.481 e. The third-order valence-electron chi connectivity index (χ3n) is 4.71. The average Bonchev–Trinajstić information content (AvgIpc) is 2.74. The Bertz CT molecular complexity index is 288. The molecule has 1 aliphatic heterocycles. The number of aliphatic carboxylic acids is 1. The lowest BCUT2D eigenvalue weighted by molar-refractivity contribution is -0.147. The van der Waals surface area contributed by atoms with Crippen molar-refractivity contribution in [3.05, 3.63) is 0 Å². The zero-order valence-corrected chi connectivity index (χ0v) is 11.1. The van der Waals surface area contributed by atoms with Gasteiger partial charge in [0.2, 0.25) is 0 Å². The van der Waals surface area contributed by atoms with Crippen LogP contribution in [0.3, 0.4) is 0 Å². The molecule has 17 heavy (non-hydrogen) atoms. The number of carbonyl (C=O) groups is 1. The van der Waals surface area contributed by atoms with Crippen molar-refractivity contribution >= 4 is 5.97 Å². The summed E-state index contributed by atoms with van der Waals surface area (Å²) < 4.78 is 0. The highest BCUT2D eigenvalue weighted by Crippen LogP contribution is 2.37. The van der Waals surface area contributed by atoms with Gasteiger partial charge in [0.25, 0.3) is 0 Å². The van der Waals surface area contributed by atoms with Gasteiger partial charge in [-0.05, 0) is 65.0 Å². The van der Waals surface area contributed by atoms with Crippen molar-refractivity contribution in [3.8, 4) is 0 Å². The van der Waals surface area contributed by atoms with Gasteiger partial charge in [0.05, 0.1) is 5.41 Å². The quantitative estimate of drug-likeness (QED) is 0.820. The molecule has 2 atom stereocenters.